The number of hydrogen-bond donors (Lipinski definition) is 1. The molecule has 1 aromatic heterocycles. The van der Waals surface area contributed by atoms with Gasteiger partial charge in [0.05, 0.1) is 16.0 Å². The largest absolute Gasteiger partial charge is 0.316 e. The summed E-state index contributed by atoms with van der Waals surface area (Å²) in [6, 6.07) is 15.6. The monoisotopic (exact) mass is 462 g/mol. The molecule has 2 fully saturated rings. The Morgan fingerprint density at radius 3 is 2.41 bits per heavy atom. The van der Waals surface area contributed by atoms with Gasteiger partial charge in [0.15, 0.2) is 0 Å². The Labute approximate surface area is 196 Å². The number of benzene rings is 2. The molecule has 2 aliphatic carbocycles. The summed E-state index contributed by atoms with van der Waals surface area (Å²) in [4.78, 5) is 29.1. The second kappa shape index (κ2) is 9.59. The number of carbonyl (C=O) groups excluding carboxylic acids is 1. The number of hydrogen-bond acceptors (Lipinski definition) is 5. The molecule has 3 aromatic rings. The van der Waals surface area contributed by atoms with Gasteiger partial charge in [0.2, 0.25) is 0 Å². The number of carbonyl (C=O) groups is 1. The highest BCUT2D eigenvalue weighted by molar-refractivity contribution is 8.03. The lowest BCUT2D eigenvalue weighted by Gasteiger charge is -2.20. The molecule has 0 radical (unpaired) electrons. The van der Waals surface area contributed by atoms with Crippen LogP contribution >= 0.6 is 23.1 Å². The standard InChI is InChI=1S/2C13H13NOS/c2*15-12-10-7-3-4-8-11(10)16-13(14-12)9-5-1-2-6-9/h3-4,7-8H,1-2,5-6H2,(H,14,15);3-4,7-9H,1-2,5-6H2. The molecule has 0 bridgehead atoms. The van der Waals surface area contributed by atoms with Gasteiger partial charge in [-0.2, -0.15) is 0 Å². The maximum absolute atomic E-state index is 11.9. The Bertz CT molecular complexity index is 1230. The van der Waals surface area contributed by atoms with E-state index in [1.165, 1.54) is 44.1 Å². The fourth-order valence-corrected chi connectivity index (χ4v) is 6.91. The van der Waals surface area contributed by atoms with E-state index in [-0.39, 0.29) is 11.5 Å². The predicted molar refractivity (Wildman–Crippen MR) is 132 cm³/mol. The van der Waals surface area contributed by atoms with Gasteiger partial charge < -0.3 is 5.32 Å². The van der Waals surface area contributed by atoms with E-state index in [0.29, 0.717) is 5.92 Å². The average Bonchev–Trinajstić information content (AvgIpc) is 3.54. The summed E-state index contributed by atoms with van der Waals surface area (Å²) in [5.41, 5.74) is 2.17. The Kier molecular flexibility index (Phi) is 6.42. The third kappa shape index (κ3) is 4.52. The molecule has 2 aromatic carbocycles. The normalized spacial score (nSPS) is 18.3. The molecule has 1 N–H and O–H groups in total. The molecular formula is C26H26N2O2S2. The van der Waals surface area contributed by atoms with Crippen molar-refractivity contribution in [2.45, 2.75) is 62.2 Å². The molecule has 3 aliphatic rings. The van der Waals surface area contributed by atoms with E-state index in [2.05, 4.69) is 10.3 Å². The minimum absolute atomic E-state index is 0.0451. The van der Waals surface area contributed by atoms with Crippen LogP contribution < -0.4 is 10.9 Å². The Hall–Kier alpha value is -2.44. The fraction of sp³-hybridized carbons (Fsp3) is 0.346. The molecule has 2 heterocycles. The van der Waals surface area contributed by atoms with Crippen LogP contribution in [-0.4, -0.2) is 10.9 Å². The topological polar surface area (TPSA) is 59.1 Å². The molecule has 164 valence electrons. The SMILES string of the molecule is O=C1NC(=C2CCCC2)Sc2ccccc21.O=c1nc(C2CCCC2)sc2ccccc12. The van der Waals surface area contributed by atoms with Crippen molar-refractivity contribution in [1.82, 2.24) is 10.3 Å². The Balaban J connectivity index is 0.000000135. The van der Waals surface area contributed by atoms with Gasteiger partial charge in [0, 0.05) is 15.5 Å². The van der Waals surface area contributed by atoms with Gasteiger partial charge in [-0.3, -0.25) is 9.59 Å². The van der Waals surface area contributed by atoms with Gasteiger partial charge in [0.1, 0.15) is 5.01 Å². The number of allylic oxidation sites excluding steroid dienone is 1. The Morgan fingerprint density at radius 1 is 0.875 bits per heavy atom. The van der Waals surface area contributed by atoms with E-state index in [0.717, 1.165) is 43.4 Å². The number of nitrogens with one attached hydrogen (secondary N) is 1. The van der Waals surface area contributed by atoms with Crippen molar-refractivity contribution >= 4 is 39.1 Å². The van der Waals surface area contributed by atoms with Crippen LogP contribution in [0.3, 0.4) is 0 Å². The van der Waals surface area contributed by atoms with E-state index < -0.39 is 0 Å². The van der Waals surface area contributed by atoms with Crippen LogP contribution in [0.4, 0.5) is 0 Å². The minimum Gasteiger partial charge on any atom is -0.316 e. The summed E-state index contributed by atoms with van der Waals surface area (Å²) < 4.78 is 1.07. The van der Waals surface area contributed by atoms with Crippen LogP contribution in [0, 0.1) is 0 Å². The van der Waals surface area contributed by atoms with Crippen LogP contribution in [-0.2, 0) is 0 Å². The number of aromatic nitrogens is 1. The average molecular weight is 463 g/mol. The first-order chi connectivity index (χ1) is 15.7. The molecule has 0 saturated heterocycles. The first kappa shape index (κ1) is 21.4. The molecule has 32 heavy (non-hydrogen) atoms. The molecule has 6 rings (SSSR count). The van der Waals surface area contributed by atoms with Gasteiger partial charge in [-0.05, 0) is 68.4 Å². The highest BCUT2D eigenvalue weighted by Crippen LogP contribution is 2.38. The zero-order chi connectivity index (χ0) is 21.9. The van der Waals surface area contributed by atoms with Gasteiger partial charge in [0.25, 0.3) is 11.5 Å². The van der Waals surface area contributed by atoms with Crippen molar-refractivity contribution in [2.24, 2.45) is 0 Å². The van der Waals surface area contributed by atoms with Crippen LogP contribution in [0.2, 0.25) is 0 Å². The quantitative estimate of drug-likeness (QED) is 0.441. The van der Waals surface area contributed by atoms with Crippen molar-refractivity contribution < 1.29 is 4.79 Å². The van der Waals surface area contributed by atoms with E-state index >= 15 is 0 Å². The second-order valence-corrected chi connectivity index (χ2v) is 10.6. The smallest absolute Gasteiger partial charge is 0.279 e. The zero-order valence-corrected chi connectivity index (χ0v) is 19.6. The lowest BCUT2D eigenvalue weighted by atomic mass is 10.1. The van der Waals surface area contributed by atoms with Crippen molar-refractivity contribution in [3.63, 3.8) is 0 Å². The van der Waals surface area contributed by atoms with Gasteiger partial charge in [-0.25, -0.2) is 4.98 Å². The number of thioether (sulfide) groups is 1. The van der Waals surface area contributed by atoms with Gasteiger partial charge in [-0.1, -0.05) is 48.9 Å². The van der Waals surface area contributed by atoms with Crippen LogP contribution in [0.5, 0.6) is 0 Å². The minimum atomic E-state index is -0.0590. The lowest BCUT2D eigenvalue weighted by Crippen LogP contribution is -2.26. The van der Waals surface area contributed by atoms with Crippen molar-refractivity contribution in [1.29, 1.82) is 0 Å². The summed E-state index contributed by atoms with van der Waals surface area (Å²) in [6.45, 7) is 0. The predicted octanol–water partition coefficient (Wildman–Crippen LogP) is 6.62. The molecular weight excluding hydrogens is 436 g/mol. The van der Waals surface area contributed by atoms with E-state index in [9.17, 15) is 9.59 Å². The molecule has 0 atom stereocenters. The molecule has 2 saturated carbocycles. The summed E-state index contributed by atoms with van der Waals surface area (Å²) in [5.74, 6) is 0.575. The van der Waals surface area contributed by atoms with Crippen LogP contribution in [0.15, 0.2) is 68.8 Å². The summed E-state index contributed by atoms with van der Waals surface area (Å²) in [5, 5.41) is 5.90. The van der Waals surface area contributed by atoms with Crippen LogP contribution in [0.25, 0.3) is 10.1 Å². The molecule has 4 nitrogen and oxygen atoms in total. The summed E-state index contributed by atoms with van der Waals surface area (Å²) >= 11 is 3.39. The molecule has 1 amide bonds. The first-order valence-electron chi connectivity index (χ1n) is 11.4. The highest BCUT2D eigenvalue weighted by Gasteiger charge is 2.24. The van der Waals surface area contributed by atoms with Gasteiger partial charge in [-0.15, -0.1) is 11.3 Å². The number of rotatable bonds is 1. The third-order valence-electron chi connectivity index (χ3n) is 6.35. The maximum atomic E-state index is 11.9. The number of nitrogens with zero attached hydrogens (tertiary/aromatic N) is 1. The number of amides is 1. The van der Waals surface area contributed by atoms with Crippen molar-refractivity contribution in [2.75, 3.05) is 0 Å². The van der Waals surface area contributed by atoms with Crippen molar-refractivity contribution in [3.8, 4) is 0 Å². The fourth-order valence-electron chi connectivity index (χ4n) is 4.61. The summed E-state index contributed by atoms with van der Waals surface area (Å²) in [6.07, 6.45) is 9.76. The molecule has 0 unspecified atom stereocenters. The van der Waals surface area contributed by atoms with Crippen LogP contribution in [0.1, 0.15) is 72.7 Å². The third-order valence-corrected chi connectivity index (χ3v) is 8.73. The first-order valence-corrected chi connectivity index (χ1v) is 13.0. The highest BCUT2D eigenvalue weighted by atomic mass is 32.2. The van der Waals surface area contributed by atoms with Crippen molar-refractivity contribution in [3.05, 3.63) is 80.1 Å². The lowest BCUT2D eigenvalue weighted by molar-refractivity contribution is 0.0963. The zero-order valence-electron chi connectivity index (χ0n) is 17.9. The molecule has 1 aliphatic heterocycles. The summed E-state index contributed by atoms with van der Waals surface area (Å²) in [7, 11) is 0. The van der Waals surface area contributed by atoms with E-state index in [1.807, 2.05) is 48.5 Å². The maximum Gasteiger partial charge on any atom is 0.279 e. The Morgan fingerprint density at radius 2 is 1.59 bits per heavy atom. The number of fused-ring (bicyclic) bond motifs is 2. The second-order valence-electron chi connectivity index (χ2n) is 8.53. The molecule has 0 spiro atoms. The molecule has 6 heteroatoms. The van der Waals surface area contributed by atoms with E-state index in [4.69, 9.17) is 0 Å². The van der Waals surface area contributed by atoms with Gasteiger partial charge >= 0.3 is 0 Å². The van der Waals surface area contributed by atoms with E-state index in [1.54, 1.807) is 23.1 Å².